The van der Waals surface area contributed by atoms with Crippen molar-refractivity contribution >= 4 is 11.3 Å². The molecule has 0 bridgehead atoms. The van der Waals surface area contributed by atoms with E-state index in [0.29, 0.717) is 5.92 Å². The molecule has 2 rings (SSSR count). The first-order chi connectivity index (χ1) is 7.44. The molecule has 4 heteroatoms. The molecule has 90 valence electrons. The van der Waals surface area contributed by atoms with E-state index in [1.807, 2.05) is 0 Å². The molecule has 0 saturated carbocycles. The molecule has 1 unspecified atom stereocenters. The van der Waals surface area contributed by atoms with Crippen molar-refractivity contribution in [2.45, 2.75) is 38.1 Å². The molecule has 3 nitrogen and oxygen atoms in total. The van der Waals surface area contributed by atoms with Crippen molar-refractivity contribution in [2.75, 3.05) is 20.1 Å². The average Bonchev–Trinajstić information content (AvgIpc) is 2.71. The Balaban J connectivity index is 2.02. The van der Waals surface area contributed by atoms with Crippen molar-refractivity contribution in [1.82, 2.24) is 9.88 Å². The van der Waals surface area contributed by atoms with Crippen LogP contribution in [0.3, 0.4) is 0 Å². The van der Waals surface area contributed by atoms with Gasteiger partial charge < -0.3 is 10.6 Å². The van der Waals surface area contributed by atoms with E-state index in [2.05, 4.69) is 31.2 Å². The van der Waals surface area contributed by atoms with E-state index >= 15 is 0 Å². The second-order valence-corrected chi connectivity index (χ2v) is 6.48. The van der Waals surface area contributed by atoms with E-state index in [1.165, 1.54) is 18.0 Å². The number of likely N-dealkylation sites (N-methyl/N-ethyl adjacent to an activating group) is 1. The fourth-order valence-corrected chi connectivity index (χ4v) is 3.14. The number of likely N-dealkylation sites (tertiary alicyclic amines) is 1. The normalized spacial score (nSPS) is 22.9. The lowest BCUT2D eigenvalue weighted by Crippen LogP contribution is -2.34. The highest BCUT2D eigenvalue weighted by Crippen LogP contribution is 2.29. The second-order valence-electron chi connectivity index (χ2n) is 5.59. The number of hydrogen-bond donors (Lipinski definition) is 1. The van der Waals surface area contributed by atoms with Gasteiger partial charge in [0.2, 0.25) is 0 Å². The van der Waals surface area contributed by atoms with Crippen LogP contribution in [0, 0.1) is 0 Å². The Morgan fingerprint density at radius 2 is 2.38 bits per heavy atom. The number of thiazole rings is 1. The van der Waals surface area contributed by atoms with Crippen LogP contribution in [0.4, 0.5) is 0 Å². The van der Waals surface area contributed by atoms with Crippen LogP contribution in [-0.2, 0) is 6.42 Å². The predicted molar refractivity (Wildman–Crippen MR) is 68.9 cm³/mol. The first kappa shape index (κ1) is 12.0. The molecule has 0 amide bonds. The van der Waals surface area contributed by atoms with Gasteiger partial charge in [-0.15, -0.1) is 11.3 Å². The fraction of sp³-hybridized carbons (Fsp3) is 0.750. The van der Waals surface area contributed by atoms with Gasteiger partial charge in [0.05, 0.1) is 10.7 Å². The maximum Gasteiger partial charge on any atom is 0.0972 e. The molecule has 1 aliphatic rings. The third kappa shape index (κ3) is 3.03. The number of rotatable bonds is 3. The van der Waals surface area contributed by atoms with Crippen molar-refractivity contribution in [3.63, 3.8) is 0 Å². The zero-order valence-electron chi connectivity index (χ0n) is 10.4. The minimum Gasteiger partial charge on any atom is -0.325 e. The van der Waals surface area contributed by atoms with Crippen LogP contribution in [0.5, 0.6) is 0 Å². The van der Waals surface area contributed by atoms with Gasteiger partial charge in [-0.2, -0.15) is 0 Å². The molecule has 2 heterocycles. The van der Waals surface area contributed by atoms with E-state index in [9.17, 15) is 0 Å². The van der Waals surface area contributed by atoms with Gasteiger partial charge in [-0.25, -0.2) is 4.98 Å². The Morgan fingerprint density at radius 3 is 2.94 bits per heavy atom. The van der Waals surface area contributed by atoms with Gasteiger partial charge in [0.15, 0.2) is 0 Å². The van der Waals surface area contributed by atoms with Gasteiger partial charge in [0.25, 0.3) is 0 Å². The molecule has 1 aromatic rings. The molecule has 2 N–H and O–H groups in total. The molecule has 1 atom stereocenters. The third-order valence-electron chi connectivity index (χ3n) is 2.95. The first-order valence-electron chi connectivity index (χ1n) is 5.86. The van der Waals surface area contributed by atoms with Gasteiger partial charge >= 0.3 is 0 Å². The van der Waals surface area contributed by atoms with E-state index in [4.69, 9.17) is 10.7 Å². The van der Waals surface area contributed by atoms with Crippen molar-refractivity contribution in [2.24, 2.45) is 5.73 Å². The summed E-state index contributed by atoms with van der Waals surface area (Å²) in [5.41, 5.74) is 7.01. The minimum atomic E-state index is -0.155. The fourth-order valence-electron chi connectivity index (χ4n) is 2.19. The molecule has 1 saturated heterocycles. The van der Waals surface area contributed by atoms with Crippen molar-refractivity contribution < 1.29 is 0 Å². The third-order valence-corrected chi connectivity index (χ3v) is 4.00. The van der Waals surface area contributed by atoms with Crippen LogP contribution in [-0.4, -0.2) is 35.6 Å². The van der Waals surface area contributed by atoms with E-state index in [1.54, 1.807) is 11.3 Å². The molecule has 16 heavy (non-hydrogen) atoms. The standard InChI is InChI=1S/C12H21N3S/c1-12(2,13)6-10-8-16-11(14-10)9-4-5-15(3)7-9/h8-9H,4-7,13H2,1-3H3. The largest absolute Gasteiger partial charge is 0.325 e. The van der Waals surface area contributed by atoms with Gasteiger partial charge in [-0.3, -0.25) is 0 Å². The maximum absolute atomic E-state index is 6.01. The molecular weight excluding hydrogens is 218 g/mol. The predicted octanol–water partition coefficient (Wildman–Crippen LogP) is 1.84. The summed E-state index contributed by atoms with van der Waals surface area (Å²) in [6, 6.07) is 0. The summed E-state index contributed by atoms with van der Waals surface area (Å²) >= 11 is 1.80. The van der Waals surface area contributed by atoms with Crippen molar-refractivity contribution in [3.8, 4) is 0 Å². The Kier molecular flexibility index (Phi) is 3.33. The van der Waals surface area contributed by atoms with Crippen LogP contribution in [0.15, 0.2) is 5.38 Å². The van der Waals surface area contributed by atoms with E-state index < -0.39 is 0 Å². The Labute approximate surface area is 102 Å². The lowest BCUT2D eigenvalue weighted by Gasteiger charge is -2.16. The molecule has 0 spiro atoms. The molecule has 1 fully saturated rings. The Bertz CT molecular complexity index is 353. The molecule has 0 aromatic carbocycles. The van der Waals surface area contributed by atoms with E-state index in [0.717, 1.165) is 18.7 Å². The Hall–Kier alpha value is -0.450. The summed E-state index contributed by atoms with van der Waals surface area (Å²) in [6.45, 7) is 6.45. The van der Waals surface area contributed by atoms with Crippen molar-refractivity contribution in [1.29, 1.82) is 0 Å². The maximum atomic E-state index is 6.01. The Morgan fingerprint density at radius 1 is 1.62 bits per heavy atom. The molecule has 1 aromatic heterocycles. The molecule has 0 radical (unpaired) electrons. The minimum absolute atomic E-state index is 0.155. The number of hydrogen-bond acceptors (Lipinski definition) is 4. The molecule has 0 aliphatic carbocycles. The van der Waals surface area contributed by atoms with Gasteiger partial charge in [-0.05, 0) is 33.9 Å². The van der Waals surface area contributed by atoms with Crippen LogP contribution < -0.4 is 5.73 Å². The summed E-state index contributed by atoms with van der Waals surface area (Å²) in [7, 11) is 2.18. The van der Waals surface area contributed by atoms with Crippen LogP contribution in [0.1, 0.15) is 36.9 Å². The van der Waals surface area contributed by atoms with Crippen LogP contribution in [0.2, 0.25) is 0 Å². The molecular formula is C12H21N3S. The number of nitrogens with two attached hydrogens (primary N) is 1. The topological polar surface area (TPSA) is 42.2 Å². The average molecular weight is 239 g/mol. The monoisotopic (exact) mass is 239 g/mol. The van der Waals surface area contributed by atoms with Gasteiger partial charge in [-0.1, -0.05) is 0 Å². The smallest absolute Gasteiger partial charge is 0.0972 e. The quantitative estimate of drug-likeness (QED) is 0.875. The summed E-state index contributed by atoms with van der Waals surface area (Å²) in [6.07, 6.45) is 2.11. The lowest BCUT2D eigenvalue weighted by molar-refractivity contribution is 0.411. The summed E-state index contributed by atoms with van der Waals surface area (Å²) in [5.74, 6) is 0.643. The number of nitrogens with zero attached hydrogens (tertiary/aromatic N) is 2. The summed E-state index contributed by atoms with van der Waals surface area (Å²) in [4.78, 5) is 7.10. The van der Waals surface area contributed by atoms with Gasteiger partial charge in [0.1, 0.15) is 0 Å². The highest BCUT2D eigenvalue weighted by Gasteiger charge is 2.24. The zero-order chi connectivity index (χ0) is 11.8. The van der Waals surface area contributed by atoms with E-state index in [-0.39, 0.29) is 5.54 Å². The lowest BCUT2D eigenvalue weighted by atomic mass is 10.0. The SMILES string of the molecule is CN1CCC(c2nc(CC(C)(C)N)cs2)C1. The van der Waals surface area contributed by atoms with Crippen molar-refractivity contribution in [3.05, 3.63) is 16.1 Å². The summed E-state index contributed by atoms with van der Waals surface area (Å²) < 4.78 is 0. The second kappa shape index (κ2) is 4.43. The highest BCUT2D eigenvalue weighted by molar-refractivity contribution is 7.09. The first-order valence-corrected chi connectivity index (χ1v) is 6.74. The van der Waals surface area contributed by atoms with Crippen LogP contribution in [0.25, 0.3) is 0 Å². The highest BCUT2D eigenvalue weighted by atomic mass is 32.1. The number of aromatic nitrogens is 1. The zero-order valence-corrected chi connectivity index (χ0v) is 11.2. The van der Waals surface area contributed by atoms with Crippen LogP contribution >= 0.6 is 11.3 Å². The van der Waals surface area contributed by atoms with Gasteiger partial charge in [0, 0.05) is 29.8 Å². The summed E-state index contributed by atoms with van der Waals surface area (Å²) in [5, 5.41) is 3.46. The molecule has 1 aliphatic heterocycles.